The molecular weight excluding hydrogens is 160 g/mol. The summed E-state index contributed by atoms with van der Waals surface area (Å²) in [7, 11) is 0. The molecule has 0 aromatic carbocycles. The van der Waals surface area contributed by atoms with Gasteiger partial charge in [-0.3, -0.25) is 0 Å². The Bertz CT molecular complexity index is 158. The number of hydrogen-bond donors (Lipinski definition) is 1. The van der Waals surface area contributed by atoms with E-state index in [1.165, 1.54) is 25.9 Å². The van der Waals surface area contributed by atoms with E-state index >= 15 is 0 Å². The maximum Gasteiger partial charge on any atom is 0.0138 e. The molecule has 0 aromatic heterocycles. The highest BCUT2D eigenvalue weighted by Crippen LogP contribution is 2.25. The van der Waals surface area contributed by atoms with E-state index in [1.807, 2.05) is 0 Å². The van der Waals surface area contributed by atoms with Crippen molar-refractivity contribution >= 4 is 0 Å². The number of piperidine rings is 1. The zero-order chi connectivity index (χ0) is 10.1. The number of rotatable bonds is 2. The minimum absolute atomic E-state index is 0.00639. The Labute approximate surface area is 82.5 Å². The fraction of sp³-hybridized carbons (Fsp3) is 1.00. The van der Waals surface area contributed by atoms with Gasteiger partial charge in [0, 0.05) is 18.1 Å². The molecule has 1 unspecified atom stereocenters. The molecule has 0 radical (unpaired) electrons. The molecule has 2 nitrogen and oxygen atoms in total. The highest BCUT2D eigenvalue weighted by Gasteiger charge is 2.30. The van der Waals surface area contributed by atoms with Crippen LogP contribution >= 0.6 is 0 Å². The van der Waals surface area contributed by atoms with Crippen LogP contribution in [0.5, 0.6) is 0 Å². The molecule has 78 valence electrons. The van der Waals surface area contributed by atoms with Crippen molar-refractivity contribution in [1.82, 2.24) is 4.90 Å². The Morgan fingerprint density at radius 1 is 1.38 bits per heavy atom. The second kappa shape index (κ2) is 3.97. The number of likely N-dealkylation sites (tertiary alicyclic amines) is 1. The van der Waals surface area contributed by atoms with Crippen LogP contribution in [0.1, 0.15) is 40.5 Å². The lowest BCUT2D eigenvalue weighted by atomic mass is 9.82. The Kier molecular flexibility index (Phi) is 3.36. The second-order valence-corrected chi connectivity index (χ2v) is 5.25. The van der Waals surface area contributed by atoms with Crippen LogP contribution in [0.2, 0.25) is 0 Å². The van der Waals surface area contributed by atoms with Crippen LogP contribution in [0.15, 0.2) is 0 Å². The molecule has 1 rings (SSSR count). The number of nitrogens with two attached hydrogens (primary N) is 1. The topological polar surface area (TPSA) is 29.3 Å². The average molecular weight is 184 g/mol. The maximum atomic E-state index is 6.15. The summed E-state index contributed by atoms with van der Waals surface area (Å²) >= 11 is 0. The van der Waals surface area contributed by atoms with Gasteiger partial charge in [0.2, 0.25) is 0 Å². The van der Waals surface area contributed by atoms with Gasteiger partial charge in [0.25, 0.3) is 0 Å². The molecule has 2 heteroatoms. The predicted molar refractivity (Wildman–Crippen MR) is 57.7 cm³/mol. The first-order chi connectivity index (χ1) is 5.91. The van der Waals surface area contributed by atoms with Gasteiger partial charge in [0.1, 0.15) is 0 Å². The van der Waals surface area contributed by atoms with Crippen molar-refractivity contribution in [3.05, 3.63) is 0 Å². The first kappa shape index (κ1) is 11.0. The molecule has 0 aromatic rings. The molecule has 1 saturated heterocycles. The van der Waals surface area contributed by atoms with E-state index in [9.17, 15) is 0 Å². The van der Waals surface area contributed by atoms with Gasteiger partial charge in [0.15, 0.2) is 0 Å². The molecule has 0 aliphatic carbocycles. The van der Waals surface area contributed by atoms with Crippen molar-refractivity contribution in [1.29, 1.82) is 0 Å². The van der Waals surface area contributed by atoms with Gasteiger partial charge in [-0.15, -0.1) is 0 Å². The van der Waals surface area contributed by atoms with Crippen LogP contribution in [0.4, 0.5) is 0 Å². The van der Waals surface area contributed by atoms with Crippen LogP contribution in [0.3, 0.4) is 0 Å². The first-order valence-electron chi connectivity index (χ1n) is 5.44. The van der Waals surface area contributed by atoms with Gasteiger partial charge >= 0.3 is 0 Å². The Balaban J connectivity index is 2.52. The Hall–Kier alpha value is -0.0800. The van der Waals surface area contributed by atoms with E-state index < -0.39 is 0 Å². The SMILES string of the molecule is CC(C)N1CCCC(C(C)(C)N)C1. The van der Waals surface area contributed by atoms with Crippen molar-refractivity contribution < 1.29 is 0 Å². The summed E-state index contributed by atoms with van der Waals surface area (Å²) < 4.78 is 0. The van der Waals surface area contributed by atoms with Crippen LogP contribution < -0.4 is 5.73 Å². The lowest BCUT2D eigenvalue weighted by molar-refractivity contribution is 0.105. The van der Waals surface area contributed by atoms with Gasteiger partial charge in [-0.25, -0.2) is 0 Å². The average Bonchev–Trinajstić information content (AvgIpc) is 2.03. The summed E-state index contributed by atoms with van der Waals surface area (Å²) in [5, 5.41) is 0. The van der Waals surface area contributed by atoms with Gasteiger partial charge in [-0.05, 0) is 53.0 Å². The molecule has 1 aliphatic heterocycles. The third kappa shape index (κ3) is 2.96. The summed E-state index contributed by atoms with van der Waals surface area (Å²) in [6, 6.07) is 0.671. The molecule has 0 spiro atoms. The smallest absolute Gasteiger partial charge is 0.0138 e. The zero-order valence-corrected chi connectivity index (χ0v) is 9.51. The normalized spacial score (nSPS) is 26.8. The molecule has 0 bridgehead atoms. The summed E-state index contributed by atoms with van der Waals surface area (Å²) in [4.78, 5) is 2.54. The van der Waals surface area contributed by atoms with E-state index in [1.54, 1.807) is 0 Å². The molecule has 1 aliphatic rings. The minimum Gasteiger partial charge on any atom is -0.325 e. The van der Waals surface area contributed by atoms with Crippen molar-refractivity contribution in [2.45, 2.75) is 52.1 Å². The highest BCUT2D eigenvalue weighted by atomic mass is 15.2. The molecule has 13 heavy (non-hydrogen) atoms. The molecule has 0 amide bonds. The van der Waals surface area contributed by atoms with Crippen LogP contribution in [0.25, 0.3) is 0 Å². The molecule has 1 heterocycles. The van der Waals surface area contributed by atoms with Crippen molar-refractivity contribution in [2.24, 2.45) is 11.7 Å². The summed E-state index contributed by atoms with van der Waals surface area (Å²) in [6.07, 6.45) is 2.61. The Morgan fingerprint density at radius 3 is 2.46 bits per heavy atom. The van der Waals surface area contributed by atoms with Crippen molar-refractivity contribution in [3.63, 3.8) is 0 Å². The molecule has 2 N–H and O–H groups in total. The van der Waals surface area contributed by atoms with Crippen LogP contribution in [0, 0.1) is 5.92 Å². The third-order valence-electron chi connectivity index (χ3n) is 3.24. The van der Waals surface area contributed by atoms with Gasteiger partial charge in [0.05, 0.1) is 0 Å². The minimum atomic E-state index is -0.00639. The molecule has 1 atom stereocenters. The summed E-state index contributed by atoms with van der Waals surface area (Å²) in [5.74, 6) is 0.670. The predicted octanol–water partition coefficient (Wildman–Crippen LogP) is 1.84. The second-order valence-electron chi connectivity index (χ2n) is 5.25. The number of nitrogens with zero attached hydrogens (tertiary/aromatic N) is 1. The fourth-order valence-corrected chi connectivity index (χ4v) is 2.08. The lowest BCUT2D eigenvalue weighted by Gasteiger charge is -2.41. The van der Waals surface area contributed by atoms with Crippen LogP contribution in [-0.2, 0) is 0 Å². The Morgan fingerprint density at radius 2 is 2.00 bits per heavy atom. The zero-order valence-electron chi connectivity index (χ0n) is 9.51. The molecular formula is C11H24N2. The fourth-order valence-electron chi connectivity index (χ4n) is 2.08. The lowest BCUT2D eigenvalue weighted by Crippen LogP contribution is -2.51. The first-order valence-corrected chi connectivity index (χ1v) is 5.44. The van der Waals surface area contributed by atoms with Crippen molar-refractivity contribution in [2.75, 3.05) is 13.1 Å². The quantitative estimate of drug-likeness (QED) is 0.709. The molecule has 0 saturated carbocycles. The highest BCUT2D eigenvalue weighted by molar-refractivity contribution is 4.88. The van der Waals surface area contributed by atoms with Crippen LogP contribution in [-0.4, -0.2) is 29.6 Å². The van der Waals surface area contributed by atoms with E-state index in [0.717, 1.165) is 0 Å². The summed E-state index contributed by atoms with van der Waals surface area (Å²) in [6.45, 7) is 11.3. The largest absolute Gasteiger partial charge is 0.325 e. The maximum absolute atomic E-state index is 6.15. The van der Waals surface area contributed by atoms with Gasteiger partial charge in [-0.2, -0.15) is 0 Å². The van der Waals surface area contributed by atoms with E-state index in [2.05, 4.69) is 32.6 Å². The van der Waals surface area contributed by atoms with Gasteiger partial charge in [-0.1, -0.05) is 0 Å². The summed E-state index contributed by atoms with van der Waals surface area (Å²) in [5.41, 5.74) is 6.14. The van der Waals surface area contributed by atoms with E-state index in [0.29, 0.717) is 12.0 Å². The van der Waals surface area contributed by atoms with Crippen molar-refractivity contribution in [3.8, 4) is 0 Å². The van der Waals surface area contributed by atoms with Gasteiger partial charge < -0.3 is 10.6 Å². The van der Waals surface area contributed by atoms with E-state index in [4.69, 9.17) is 5.73 Å². The standard InChI is InChI=1S/C11H24N2/c1-9(2)13-7-5-6-10(8-13)11(3,4)12/h9-10H,5-8,12H2,1-4H3. The third-order valence-corrected chi connectivity index (χ3v) is 3.24. The van der Waals surface area contributed by atoms with E-state index in [-0.39, 0.29) is 5.54 Å². The monoisotopic (exact) mass is 184 g/mol. The number of hydrogen-bond acceptors (Lipinski definition) is 2. The molecule has 1 fully saturated rings.